The highest BCUT2D eigenvalue weighted by atomic mass is 16.6. The zero-order chi connectivity index (χ0) is 21.6. The van der Waals surface area contributed by atoms with Crippen LogP contribution in [0.15, 0.2) is 35.9 Å². The number of allylic oxidation sites excluding steroid dienone is 3. The Kier molecular flexibility index (Phi) is 8.47. The number of aliphatic hydroxyl groups is 2. The molecule has 0 saturated heterocycles. The number of hydrogen-bond donors (Lipinski definition) is 3. The molecule has 0 heterocycles. The molecule has 5 nitrogen and oxygen atoms in total. The maximum Gasteiger partial charge on any atom is 0.342 e. The fourth-order valence-corrected chi connectivity index (χ4v) is 3.97. The van der Waals surface area contributed by atoms with Gasteiger partial charge >= 0.3 is 5.97 Å². The molecule has 0 amide bonds. The summed E-state index contributed by atoms with van der Waals surface area (Å²) < 4.78 is 5.47. The van der Waals surface area contributed by atoms with Crippen molar-refractivity contribution >= 4 is 5.97 Å². The van der Waals surface area contributed by atoms with Crippen molar-refractivity contribution in [1.29, 1.82) is 0 Å². The first-order valence-corrected chi connectivity index (χ1v) is 10.5. The first-order chi connectivity index (χ1) is 13.8. The topological polar surface area (TPSA) is 87.0 Å². The van der Waals surface area contributed by atoms with Crippen LogP contribution < -0.4 is 4.74 Å². The normalized spacial score (nSPS) is 20.1. The largest absolute Gasteiger partial charge is 0.507 e. The third-order valence-corrected chi connectivity index (χ3v) is 5.62. The van der Waals surface area contributed by atoms with E-state index in [0.717, 1.165) is 49.7 Å². The van der Waals surface area contributed by atoms with E-state index in [2.05, 4.69) is 26.5 Å². The van der Waals surface area contributed by atoms with E-state index in [-0.39, 0.29) is 23.3 Å². The van der Waals surface area contributed by atoms with Gasteiger partial charge in [0.25, 0.3) is 0 Å². The third kappa shape index (κ3) is 5.94. The minimum Gasteiger partial charge on any atom is -0.507 e. The number of hydrogen-bond acceptors (Lipinski definition) is 5. The Morgan fingerprint density at radius 2 is 2.07 bits per heavy atom. The third-order valence-electron chi connectivity index (χ3n) is 5.62. The molecule has 0 radical (unpaired) electrons. The number of benzene rings is 1. The zero-order valence-corrected chi connectivity index (χ0v) is 17.8. The molecule has 3 atom stereocenters. The summed E-state index contributed by atoms with van der Waals surface area (Å²) in [5.41, 5.74) is 3.64. The Hall–Kier alpha value is -2.11. The number of unbranched alkanes of at least 4 members (excludes halogenated alkanes) is 2. The molecule has 29 heavy (non-hydrogen) atoms. The van der Waals surface area contributed by atoms with E-state index < -0.39 is 18.7 Å². The fourth-order valence-electron chi connectivity index (χ4n) is 3.97. The van der Waals surface area contributed by atoms with Gasteiger partial charge in [0.05, 0.1) is 6.61 Å². The Morgan fingerprint density at radius 1 is 1.34 bits per heavy atom. The van der Waals surface area contributed by atoms with Crippen LogP contribution in [-0.2, 0) is 11.2 Å². The lowest BCUT2D eigenvalue weighted by Crippen LogP contribution is -2.29. The molecule has 1 aromatic carbocycles. The number of carbonyl (C=O) groups excluding carboxylic acids is 1. The molecule has 2 rings (SSSR count). The highest BCUT2D eigenvalue weighted by molar-refractivity contribution is 5.78. The van der Waals surface area contributed by atoms with Crippen molar-refractivity contribution in [2.45, 2.75) is 71.3 Å². The van der Waals surface area contributed by atoms with Crippen molar-refractivity contribution in [2.75, 3.05) is 6.61 Å². The lowest BCUT2D eigenvalue weighted by Gasteiger charge is -2.32. The number of rotatable bonds is 9. The molecule has 1 aromatic rings. The molecule has 0 bridgehead atoms. The summed E-state index contributed by atoms with van der Waals surface area (Å²) in [6.45, 7) is 9.56. The van der Waals surface area contributed by atoms with Gasteiger partial charge in [-0.2, -0.15) is 0 Å². The first kappa shape index (κ1) is 23.2. The maximum atomic E-state index is 12.2. The van der Waals surface area contributed by atoms with E-state index in [1.54, 1.807) is 12.1 Å². The summed E-state index contributed by atoms with van der Waals surface area (Å²) in [7, 11) is 0. The van der Waals surface area contributed by atoms with E-state index in [9.17, 15) is 15.0 Å². The number of carbonyl (C=O) groups is 1. The summed E-state index contributed by atoms with van der Waals surface area (Å²) in [5.74, 6) is -0.642. The van der Waals surface area contributed by atoms with Gasteiger partial charge in [-0.1, -0.05) is 43.6 Å². The number of aromatic hydroxyl groups is 1. The highest BCUT2D eigenvalue weighted by Crippen LogP contribution is 2.47. The van der Waals surface area contributed by atoms with E-state index >= 15 is 0 Å². The molecule has 1 aliphatic carbocycles. The van der Waals surface area contributed by atoms with Crippen LogP contribution in [0.2, 0.25) is 0 Å². The van der Waals surface area contributed by atoms with Gasteiger partial charge in [0, 0.05) is 11.5 Å². The van der Waals surface area contributed by atoms with Gasteiger partial charge in [0.1, 0.15) is 11.5 Å². The van der Waals surface area contributed by atoms with Crippen molar-refractivity contribution in [3.05, 3.63) is 47.1 Å². The molecule has 0 fully saturated rings. The molecule has 3 unspecified atom stereocenters. The second-order valence-electron chi connectivity index (χ2n) is 8.13. The second kappa shape index (κ2) is 10.6. The predicted molar refractivity (Wildman–Crippen MR) is 114 cm³/mol. The van der Waals surface area contributed by atoms with Gasteiger partial charge in [-0.25, -0.2) is 4.79 Å². The molecule has 160 valence electrons. The van der Waals surface area contributed by atoms with Crippen molar-refractivity contribution in [1.82, 2.24) is 0 Å². The molecular weight excluding hydrogens is 368 g/mol. The van der Waals surface area contributed by atoms with E-state index in [4.69, 9.17) is 9.84 Å². The average Bonchev–Trinajstić information content (AvgIpc) is 2.67. The number of aliphatic hydroxyl groups excluding tert-OH is 2. The van der Waals surface area contributed by atoms with Crippen molar-refractivity contribution in [2.24, 2.45) is 5.92 Å². The minimum atomic E-state index is -1.62. The Bertz CT molecular complexity index is 765. The number of esters is 1. The monoisotopic (exact) mass is 402 g/mol. The van der Waals surface area contributed by atoms with E-state index in [0.29, 0.717) is 5.56 Å². The molecule has 3 N–H and O–H groups in total. The second-order valence-corrected chi connectivity index (χ2v) is 8.13. The van der Waals surface area contributed by atoms with Crippen LogP contribution in [0.25, 0.3) is 0 Å². The number of ether oxygens (including phenoxy) is 1. The molecule has 1 aliphatic rings. The van der Waals surface area contributed by atoms with Crippen LogP contribution in [0.4, 0.5) is 0 Å². The Balaban J connectivity index is 2.51. The fraction of sp³-hybridized carbons (Fsp3) is 0.542. The van der Waals surface area contributed by atoms with Gasteiger partial charge in [0.2, 0.25) is 0 Å². The van der Waals surface area contributed by atoms with Gasteiger partial charge < -0.3 is 20.1 Å². The van der Waals surface area contributed by atoms with Gasteiger partial charge in [-0.05, 0) is 63.1 Å². The van der Waals surface area contributed by atoms with E-state index in [1.165, 1.54) is 5.57 Å². The van der Waals surface area contributed by atoms with Crippen LogP contribution in [0, 0.1) is 5.92 Å². The van der Waals surface area contributed by atoms with Gasteiger partial charge in [-0.3, -0.25) is 0 Å². The van der Waals surface area contributed by atoms with Crippen LogP contribution in [0.5, 0.6) is 11.5 Å². The van der Waals surface area contributed by atoms with Gasteiger partial charge in [-0.15, -0.1) is 0 Å². The molecule has 5 heteroatoms. The summed E-state index contributed by atoms with van der Waals surface area (Å²) in [5, 5.41) is 29.7. The van der Waals surface area contributed by atoms with Crippen molar-refractivity contribution in [3.8, 4) is 11.5 Å². The van der Waals surface area contributed by atoms with E-state index in [1.807, 2.05) is 6.92 Å². The van der Waals surface area contributed by atoms with Crippen LogP contribution >= 0.6 is 0 Å². The number of phenols is 1. The number of phenolic OH excluding ortho intramolecular Hbond substituents is 1. The van der Waals surface area contributed by atoms with Crippen LogP contribution in [-0.4, -0.2) is 34.0 Å². The van der Waals surface area contributed by atoms with Gasteiger partial charge in [0.15, 0.2) is 6.10 Å². The lowest BCUT2D eigenvalue weighted by atomic mass is 9.73. The molecule has 0 aliphatic heterocycles. The summed E-state index contributed by atoms with van der Waals surface area (Å²) >= 11 is 0. The lowest BCUT2D eigenvalue weighted by molar-refractivity contribution is -0.145. The SMILES string of the molecule is C=C(C)C1CCC(C)=CC1c1c(O)cc(CCCCC)cc1OC(=O)C(O)CO. The molecule has 0 saturated carbocycles. The van der Waals surface area contributed by atoms with Crippen LogP contribution in [0.1, 0.15) is 69.9 Å². The Morgan fingerprint density at radius 3 is 2.69 bits per heavy atom. The number of aryl methyl sites for hydroxylation is 1. The minimum absolute atomic E-state index is 0.0856. The van der Waals surface area contributed by atoms with Crippen molar-refractivity contribution < 1.29 is 24.9 Å². The van der Waals surface area contributed by atoms with Crippen molar-refractivity contribution in [3.63, 3.8) is 0 Å². The Labute approximate surface area is 173 Å². The predicted octanol–water partition coefficient (Wildman–Crippen LogP) is 4.40. The molecule has 0 aromatic heterocycles. The standard InChI is InChI=1S/C24H34O5/c1-5-6-7-8-17-12-20(26)23(22(13-17)29-24(28)21(27)14-25)19-11-16(4)9-10-18(19)15(2)3/h11-13,18-19,21,25-27H,2,5-10,14H2,1,3-4H3. The molecular formula is C24H34O5. The summed E-state index contributed by atoms with van der Waals surface area (Å²) in [6, 6.07) is 3.53. The average molecular weight is 403 g/mol. The smallest absolute Gasteiger partial charge is 0.342 e. The zero-order valence-electron chi connectivity index (χ0n) is 17.8. The molecule has 0 spiro atoms. The first-order valence-electron chi connectivity index (χ1n) is 10.5. The maximum absolute atomic E-state index is 12.2. The highest BCUT2D eigenvalue weighted by Gasteiger charge is 2.31. The quantitative estimate of drug-likeness (QED) is 0.247. The summed E-state index contributed by atoms with van der Waals surface area (Å²) in [6.07, 6.45) is 6.25. The van der Waals surface area contributed by atoms with Crippen LogP contribution in [0.3, 0.4) is 0 Å². The summed E-state index contributed by atoms with van der Waals surface area (Å²) in [4.78, 5) is 12.2.